The molecule has 0 N–H and O–H groups in total. The number of para-hydroxylation sites is 2. The van der Waals surface area contributed by atoms with Crippen LogP contribution in [0.2, 0.25) is 0 Å². The van der Waals surface area contributed by atoms with Gasteiger partial charge in [-0.1, -0.05) is 103 Å². The van der Waals surface area contributed by atoms with Crippen LogP contribution in [0.3, 0.4) is 0 Å². The van der Waals surface area contributed by atoms with Gasteiger partial charge in [0.15, 0.2) is 5.82 Å². The molecule has 0 saturated heterocycles. The Kier molecular flexibility index (Phi) is 6.46. The van der Waals surface area contributed by atoms with E-state index in [1.807, 2.05) is 36.5 Å². The number of fused-ring (bicyclic) bond motifs is 6. The van der Waals surface area contributed by atoms with Gasteiger partial charge in [0, 0.05) is 38.9 Å². The van der Waals surface area contributed by atoms with Gasteiger partial charge < -0.3 is 8.83 Å². The topological polar surface area (TPSA) is 52.1 Å². The zero-order valence-corrected chi connectivity index (χ0v) is 26.9. The summed E-state index contributed by atoms with van der Waals surface area (Å²) >= 11 is 0. The average molecular weight is 641 g/mol. The van der Waals surface area contributed by atoms with Crippen LogP contribution in [-0.4, -0.2) is 9.97 Å². The van der Waals surface area contributed by atoms with Crippen LogP contribution in [0.25, 0.3) is 99.9 Å². The van der Waals surface area contributed by atoms with Gasteiger partial charge in [0.1, 0.15) is 22.3 Å². The Bertz CT molecular complexity index is 2700. The third-order valence-corrected chi connectivity index (χ3v) is 9.55. The lowest BCUT2D eigenvalue weighted by Crippen LogP contribution is -1.92. The number of rotatable bonds is 5. The minimum Gasteiger partial charge on any atom is -0.456 e. The molecule has 3 aromatic heterocycles. The first-order chi connectivity index (χ1) is 24.7. The number of hydrogen-bond acceptors (Lipinski definition) is 4. The molecule has 4 nitrogen and oxygen atoms in total. The number of nitrogens with zero attached hydrogens (tertiary/aromatic N) is 2. The van der Waals surface area contributed by atoms with Crippen LogP contribution in [-0.2, 0) is 0 Å². The van der Waals surface area contributed by atoms with Crippen molar-refractivity contribution in [3.63, 3.8) is 0 Å². The molecule has 0 aliphatic rings. The van der Waals surface area contributed by atoms with E-state index in [4.69, 9.17) is 18.8 Å². The largest absolute Gasteiger partial charge is 0.456 e. The van der Waals surface area contributed by atoms with Crippen molar-refractivity contribution in [2.45, 2.75) is 0 Å². The van der Waals surface area contributed by atoms with Gasteiger partial charge in [0.25, 0.3) is 0 Å². The molecular formula is C46H28N2O2. The second kappa shape index (κ2) is 11.4. The summed E-state index contributed by atoms with van der Waals surface area (Å²) in [6.45, 7) is 0. The summed E-state index contributed by atoms with van der Waals surface area (Å²) in [7, 11) is 0. The first kappa shape index (κ1) is 28.3. The van der Waals surface area contributed by atoms with Crippen molar-refractivity contribution in [3.8, 4) is 56.0 Å². The van der Waals surface area contributed by atoms with Crippen molar-refractivity contribution < 1.29 is 8.83 Å². The Morgan fingerprint density at radius 2 is 0.760 bits per heavy atom. The maximum atomic E-state index is 6.06. The van der Waals surface area contributed by atoms with E-state index in [2.05, 4.69) is 133 Å². The molecule has 50 heavy (non-hydrogen) atoms. The first-order valence-electron chi connectivity index (χ1n) is 16.7. The van der Waals surface area contributed by atoms with Crippen molar-refractivity contribution in [3.05, 3.63) is 170 Å². The predicted molar refractivity (Wildman–Crippen MR) is 204 cm³/mol. The Morgan fingerprint density at radius 3 is 1.34 bits per heavy atom. The van der Waals surface area contributed by atoms with Gasteiger partial charge in [0.05, 0.1) is 5.69 Å². The Labute approximate surface area is 287 Å². The van der Waals surface area contributed by atoms with E-state index in [1.54, 1.807) is 0 Å². The van der Waals surface area contributed by atoms with Crippen LogP contribution in [0.1, 0.15) is 0 Å². The van der Waals surface area contributed by atoms with E-state index in [0.29, 0.717) is 5.82 Å². The molecule has 4 heteroatoms. The van der Waals surface area contributed by atoms with Gasteiger partial charge in [-0.15, -0.1) is 0 Å². The Hall–Kier alpha value is -6.78. The molecule has 0 radical (unpaired) electrons. The lowest BCUT2D eigenvalue weighted by molar-refractivity contribution is 0.668. The highest BCUT2D eigenvalue weighted by Gasteiger charge is 2.12. The van der Waals surface area contributed by atoms with Gasteiger partial charge in [-0.25, -0.2) is 9.97 Å². The summed E-state index contributed by atoms with van der Waals surface area (Å²) in [5, 5.41) is 4.50. The standard InChI is InChI=1S/C46H28N2O2/c1-3-16-42-37(14-1)39-27-33(18-20-44(39)49-42)30-9-5-8-29(24-30)32-11-7-13-36(26-32)46-47-23-22-41(48-46)35-12-6-10-31(25-35)34-19-21-45-40(28-34)38-15-2-4-17-43(38)50-45/h1-28H. The average Bonchev–Trinajstić information content (AvgIpc) is 3.76. The first-order valence-corrected chi connectivity index (χ1v) is 16.7. The molecule has 0 spiro atoms. The fourth-order valence-electron chi connectivity index (χ4n) is 7.04. The molecule has 7 aromatic carbocycles. The quantitative estimate of drug-likeness (QED) is 0.188. The molecule has 234 valence electrons. The molecule has 0 fully saturated rings. The molecule has 0 amide bonds. The van der Waals surface area contributed by atoms with E-state index >= 15 is 0 Å². The molecule has 3 heterocycles. The Morgan fingerprint density at radius 1 is 0.320 bits per heavy atom. The number of hydrogen-bond donors (Lipinski definition) is 0. The van der Waals surface area contributed by atoms with Crippen LogP contribution >= 0.6 is 0 Å². The zero-order valence-electron chi connectivity index (χ0n) is 26.9. The minimum absolute atomic E-state index is 0.689. The van der Waals surface area contributed by atoms with Crippen LogP contribution in [0.4, 0.5) is 0 Å². The van der Waals surface area contributed by atoms with E-state index in [9.17, 15) is 0 Å². The van der Waals surface area contributed by atoms with Gasteiger partial charge in [-0.3, -0.25) is 0 Å². The molecule has 0 saturated carbocycles. The van der Waals surface area contributed by atoms with Crippen LogP contribution in [0, 0.1) is 0 Å². The van der Waals surface area contributed by atoms with Gasteiger partial charge in [0.2, 0.25) is 0 Å². The third kappa shape index (κ3) is 4.85. The molecular weight excluding hydrogens is 613 g/mol. The summed E-state index contributed by atoms with van der Waals surface area (Å²) < 4.78 is 12.1. The Balaban J connectivity index is 0.968. The monoisotopic (exact) mass is 640 g/mol. The van der Waals surface area contributed by atoms with Crippen molar-refractivity contribution in [1.82, 2.24) is 9.97 Å². The summed E-state index contributed by atoms with van der Waals surface area (Å²) in [4.78, 5) is 9.74. The van der Waals surface area contributed by atoms with E-state index in [0.717, 1.165) is 94.1 Å². The summed E-state index contributed by atoms with van der Waals surface area (Å²) in [6, 6.07) is 56.8. The zero-order chi connectivity index (χ0) is 33.0. The third-order valence-electron chi connectivity index (χ3n) is 9.55. The van der Waals surface area contributed by atoms with Crippen molar-refractivity contribution >= 4 is 43.9 Å². The van der Waals surface area contributed by atoms with Crippen LogP contribution in [0.5, 0.6) is 0 Å². The number of benzene rings is 7. The fourth-order valence-corrected chi connectivity index (χ4v) is 7.04. The maximum absolute atomic E-state index is 6.06. The van der Waals surface area contributed by atoms with Crippen molar-refractivity contribution in [1.29, 1.82) is 0 Å². The number of furan rings is 2. The molecule has 0 unspecified atom stereocenters. The van der Waals surface area contributed by atoms with Crippen molar-refractivity contribution in [2.75, 3.05) is 0 Å². The van der Waals surface area contributed by atoms with Crippen LogP contribution in [0.15, 0.2) is 179 Å². The van der Waals surface area contributed by atoms with E-state index in [-0.39, 0.29) is 0 Å². The van der Waals surface area contributed by atoms with E-state index < -0.39 is 0 Å². The number of aromatic nitrogens is 2. The molecule has 10 aromatic rings. The highest BCUT2D eigenvalue weighted by atomic mass is 16.3. The van der Waals surface area contributed by atoms with E-state index in [1.165, 1.54) is 0 Å². The maximum Gasteiger partial charge on any atom is 0.159 e. The van der Waals surface area contributed by atoms with Crippen molar-refractivity contribution in [2.24, 2.45) is 0 Å². The molecule has 0 atom stereocenters. The second-order valence-electron chi connectivity index (χ2n) is 12.6. The summed E-state index contributed by atoms with van der Waals surface area (Å²) in [6.07, 6.45) is 1.84. The predicted octanol–water partition coefficient (Wildman–Crippen LogP) is 12.6. The highest BCUT2D eigenvalue weighted by Crippen LogP contribution is 2.36. The lowest BCUT2D eigenvalue weighted by Gasteiger charge is -2.10. The summed E-state index contributed by atoms with van der Waals surface area (Å²) in [5.41, 5.74) is 13.3. The van der Waals surface area contributed by atoms with Gasteiger partial charge in [-0.2, -0.15) is 0 Å². The fraction of sp³-hybridized carbons (Fsp3) is 0. The lowest BCUT2D eigenvalue weighted by atomic mass is 9.97. The molecule has 0 aliphatic carbocycles. The van der Waals surface area contributed by atoms with Gasteiger partial charge in [-0.05, 0) is 94.0 Å². The second-order valence-corrected chi connectivity index (χ2v) is 12.6. The highest BCUT2D eigenvalue weighted by molar-refractivity contribution is 6.07. The molecule has 0 aliphatic heterocycles. The molecule has 10 rings (SSSR count). The smallest absolute Gasteiger partial charge is 0.159 e. The van der Waals surface area contributed by atoms with Crippen LogP contribution < -0.4 is 0 Å². The molecule has 0 bridgehead atoms. The minimum atomic E-state index is 0.689. The van der Waals surface area contributed by atoms with Gasteiger partial charge >= 0.3 is 0 Å². The SMILES string of the molecule is c1cc(-c2cccc(-c3nccc(-c4cccc(-c5ccc6oc7ccccc7c6c5)c4)n3)c2)cc(-c2ccc3oc4ccccc4c3c2)c1. The summed E-state index contributed by atoms with van der Waals surface area (Å²) in [5.74, 6) is 0.689. The normalized spacial score (nSPS) is 11.6.